The van der Waals surface area contributed by atoms with Gasteiger partial charge in [0.2, 0.25) is 0 Å². The van der Waals surface area contributed by atoms with E-state index < -0.39 is 0 Å². The zero-order valence-electron chi connectivity index (χ0n) is 8.85. The molecule has 2 N–H and O–H groups in total. The van der Waals surface area contributed by atoms with E-state index >= 15 is 0 Å². The van der Waals surface area contributed by atoms with Crippen LogP contribution in [0.25, 0.3) is 0 Å². The number of benzene rings is 1. The Morgan fingerprint density at radius 1 is 1.50 bits per heavy atom. The molecule has 0 aliphatic heterocycles. The van der Waals surface area contributed by atoms with Gasteiger partial charge >= 0.3 is 0 Å². The largest absolute Gasteiger partial charge is 0.398 e. The van der Waals surface area contributed by atoms with Gasteiger partial charge in [-0.05, 0) is 12.1 Å². The summed E-state index contributed by atoms with van der Waals surface area (Å²) in [4.78, 5) is 0.938. The fraction of sp³-hybridized carbons (Fsp3) is 0.182. The quantitative estimate of drug-likeness (QED) is 0.676. The zero-order valence-corrected chi connectivity index (χ0v) is 10.4. The molecule has 0 unspecified atom stereocenters. The lowest BCUT2D eigenvalue weighted by molar-refractivity contribution is 0.767. The smallest absolute Gasteiger partial charge is 0.0562 e. The number of aryl methyl sites for hydroxylation is 1. The molecule has 0 saturated heterocycles. The second-order valence-corrected chi connectivity index (χ2v) is 4.86. The SMILES string of the molecule is Cn1cc(CSc2c(N)cccc2Cl)cn1. The van der Waals surface area contributed by atoms with Crippen LogP contribution in [0, 0.1) is 0 Å². The van der Waals surface area contributed by atoms with E-state index in [1.165, 1.54) is 0 Å². The monoisotopic (exact) mass is 253 g/mol. The van der Waals surface area contributed by atoms with E-state index in [1.807, 2.05) is 37.6 Å². The highest BCUT2D eigenvalue weighted by Crippen LogP contribution is 2.34. The fourth-order valence-electron chi connectivity index (χ4n) is 1.38. The van der Waals surface area contributed by atoms with Gasteiger partial charge in [-0.25, -0.2) is 0 Å². The molecule has 2 rings (SSSR count). The van der Waals surface area contributed by atoms with Crippen molar-refractivity contribution >= 4 is 29.1 Å². The maximum absolute atomic E-state index is 6.08. The molecule has 1 heterocycles. The number of nitrogen functional groups attached to an aromatic ring is 1. The number of nitrogens with two attached hydrogens (primary N) is 1. The Hall–Kier alpha value is -1.13. The van der Waals surface area contributed by atoms with E-state index in [4.69, 9.17) is 17.3 Å². The Bertz CT molecular complexity index is 475. The molecule has 0 aliphatic rings. The number of nitrogens with zero attached hydrogens (tertiary/aromatic N) is 2. The lowest BCUT2D eigenvalue weighted by atomic mass is 10.3. The highest BCUT2D eigenvalue weighted by molar-refractivity contribution is 7.98. The molecule has 2 aromatic rings. The Morgan fingerprint density at radius 3 is 2.94 bits per heavy atom. The molecule has 16 heavy (non-hydrogen) atoms. The van der Waals surface area contributed by atoms with Gasteiger partial charge in [0, 0.05) is 35.1 Å². The molecule has 84 valence electrons. The summed E-state index contributed by atoms with van der Waals surface area (Å²) in [5.41, 5.74) is 7.75. The third kappa shape index (κ3) is 2.51. The maximum Gasteiger partial charge on any atom is 0.0562 e. The van der Waals surface area contributed by atoms with Crippen molar-refractivity contribution in [3.63, 3.8) is 0 Å². The maximum atomic E-state index is 6.08. The number of hydrogen-bond donors (Lipinski definition) is 1. The van der Waals surface area contributed by atoms with Crippen molar-refractivity contribution in [3.05, 3.63) is 41.2 Å². The van der Waals surface area contributed by atoms with Gasteiger partial charge in [-0.1, -0.05) is 17.7 Å². The normalized spacial score (nSPS) is 10.6. The Morgan fingerprint density at radius 2 is 2.31 bits per heavy atom. The first-order valence-electron chi connectivity index (χ1n) is 4.81. The molecule has 0 fully saturated rings. The Kier molecular flexibility index (Phi) is 3.41. The van der Waals surface area contributed by atoms with Crippen LogP contribution in [0.4, 0.5) is 5.69 Å². The molecule has 0 aliphatic carbocycles. The van der Waals surface area contributed by atoms with Crippen LogP contribution in [0.2, 0.25) is 5.02 Å². The standard InChI is InChI=1S/C11H12ClN3S/c1-15-6-8(5-14-15)7-16-11-9(12)3-2-4-10(11)13/h2-6H,7,13H2,1H3. The minimum Gasteiger partial charge on any atom is -0.398 e. The molecular formula is C11H12ClN3S. The molecule has 1 aromatic heterocycles. The summed E-state index contributed by atoms with van der Waals surface area (Å²) in [5, 5.41) is 4.82. The third-order valence-corrected chi connectivity index (χ3v) is 3.79. The Labute approximate surface area is 104 Å². The van der Waals surface area contributed by atoms with Crippen LogP contribution in [0.15, 0.2) is 35.5 Å². The van der Waals surface area contributed by atoms with E-state index in [0.717, 1.165) is 21.9 Å². The van der Waals surface area contributed by atoms with Gasteiger partial charge in [0.1, 0.15) is 0 Å². The number of hydrogen-bond acceptors (Lipinski definition) is 3. The molecule has 0 bridgehead atoms. The number of halogens is 1. The van der Waals surface area contributed by atoms with Gasteiger partial charge in [-0.15, -0.1) is 11.8 Å². The van der Waals surface area contributed by atoms with Crippen molar-refractivity contribution in [1.29, 1.82) is 0 Å². The van der Waals surface area contributed by atoms with E-state index in [2.05, 4.69) is 5.10 Å². The number of rotatable bonds is 3. The molecule has 1 aromatic carbocycles. The topological polar surface area (TPSA) is 43.8 Å². The highest BCUT2D eigenvalue weighted by Gasteiger charge is 2.06. The van der Waals surface area contributed by atoms with Gasteiger partial charge in [0.05, 0.1) is 11.2 Å². The first-order valence-corrected chi connectivity index (χ1v) is 6.17. The molecule has 0 radical (unpaired) electrons. The molecule has 0 spiro atoms. The minimum absolute atomic E-state index is 0.703. The lowest BCUT2D eigenvalue weighted by Crippen LogP contribution is -1.89. The summed E-state index contributed by atoms with van der Waals surface area (Å²) < 4.78 is 1.78. The van der Waals surface area contributed by atoms with Crippen molar-refractivity contribution in [3.8, 4) is 0 Å². The van der Waals surface area contributed by atoms with E-state index in [9.17, 15) is 0 Å². The van der Waals surface area contributed by atoms with Crippen molar-refractivity contribution in [2.24, 2.45) is 7.05 Å². The van der Waals surface area contributed by atoms with Gasteiger partial charge in [-0.2, -0.15) is 5.10 Å². The predicted octanol–water partition coefficient (Wildman–Crippen LogP) is 2.95. The minimum atomic E-state index is 0.703. The summed E-state index contributed by atoms with van der Waals surface area (Å²) in [5.74, 6) is 0.821. The summed E-state index contributed by atoms with van der Waals surface area (Å²) in [6.45, 7) is 0. The van der Waals surface area contributed by atoms with Crippen LogP contribution in [0.1, 0.15) is 5.56 Å². The second kappa shape index (κ2) is 4.80. The van der Waals surface area contributed by atoms with Gasteiger partial charge in [0.15, 0.2) is 0 Å². The van der Waals surface area contributed by atoms with Crippen LogP contribution in [0.5, 0.6) is 0 Å². The average Bonchev–Trinajstić information content (AvgIpc) is 2.63. The van der Waals surface area contributed by atoms with Crippen molar-refractivity contribution in [1.82, 2.24) is 9.78 Å². The highest BCUT2D eigenvalue weighted by atomic mass is 35.5. The molecule has 3 nitrogen and oxygen atoms in total. The number of thioether (sulfide) groups is 1. The van der Waals surface area contributed by atoms with Gasteiger partial charge < -0.3 is 5.73 Å². The second-order valence-electron chi connectivity index (χ2n) is 3.47. The Balaban J connectivity index is 2.10. The summed E-state index contributed by atoms with van der Waals surface area (Å²) >= 11 is 7.71. The van der Waals surface area contributed by atoms with Crippen molar-refractivity contribution in [2.45, 2.75) is 10.6 Å². The van der Waals surface area contributed by atoms with Crippen LogP contribution < -0.4 is 5.73 Å². The third-order valence-electron chi connectivity index (χ3n) is 2.14. The van der Waals surface area contributed by atoms with Gasteiger partial charge in [0.25, 0.3) is 0 Å². The molecule has 0 saturated carbocycles. The van der Waals surface area contributed by atoms with Crippen LogP contribution in [-0.4, -0.2) is 9.78 Å². The first-order chi connectivity index (χ1) is 7.66. The van der Waals surface area contributed by atoms with Crippen molar-refractivity contribution in [2.75, 3.05) is 5.73 Å². The molecule has 0 amide bonds. The van der Waals surface area contributed by atoms with E-state index in [-0.39, 0.29) is 0 Å². The van der Waals surface area contributed by atoms with Crippen LogP contribution in [0.3, 0.4) is 0 Å². The number of anilines is 1. The summed E-state index contributed by atoms with van der Waals surface area (Å²) in [7, 11) is 1.90. The average molecular weight is 254 g/mol. The van der Waals surface area contributed by atoms with E-state index in [1.54, 1.807) is 16.4 Å². The van der Waals surface area contributed by atoms with Crippen molar-refractivity contribution < 1.29 is 0 Å². The summed E-state index contributed by atoms with van der Waals surface area (Å²) in [6.07, 6.45) is 3.83. The number of aromatic nitrogens is 2. The predicted molar refractivity (Wildman–Crippen MR) is 68.6 cm³/mol. The molecule has 0 atom stereocenters. The summed E-state index contributed by atoms with van der Waals surface area (Å²) in [6, 6.07) is 5.56. The lowest BCUT2D eigenvalue weighted by Gasteiger charge is -2.06. The molecule has 5 heteroatoms. The molecular weight excluding hydrogens is 242 g/mol. The van der Waals surface area contributed by atoms with Crippen LogP contribution >= 0.6 is 23.4 Å². The zero-order chi connectivity index (χ0) is 11.5. The fourth-order valence-corrected chi connectivity index (χ4v) is 2.63. The first kappa shape index (κ1) is 11.4. The van der Waals surface area contributed by atoms with E-state index in [0.29, 0.717) is 5.02 Å². The van der Waals surface area contributed by atoms with Gasteiger partial charge in [-0.3, -0.25) is 4.68 Å². The van der Waals surface area contributed by atoms with Crippen LogP contribution in [-0.2, 0) is 12.8 Å².